The average molecular weight is 604 g/mol. The van der Waals surface area contributed by atoms with E-state index in [4.69, 9.17) is 32.5 Å². The van der Waals surface area contributed by atoms with Crippen molar-refractivity contribution in [1.29, 1.82) is 0 Å². The Bertz CT molecular complexity index is 1620. The van der Waals surface area contributed by atoms with Gasteiger partial charge in [0.1, 0.15) is 27.6 Å². The lowest BCUT2D eigenvalue weighted by Crippen LogP contribution is -2.44. The standard InChI is InChI=1S/C28H24Cl2FN3O5S/c29-18-9-32-10-19(30)22(18)23-17(25(39-34-23)12-1-2-12)11-38-16-7-14-3-4-15(8-16)28(14,37)27-33-24-20(31)5-13(26(35)36)6-21(24)40-27/h5-6,9-10,12,14-16,37H,1-4,7-8,11H2,(H,35,36)/t14-,15+,16?,28?. The first-order valence-electron chi connectivity index (χ1n) is 13.2. The van der Waals surface area contributed by atoms with Gasteiger partial charge in [-0.1, -0.05) is 28.4 Å². The van der Waals surface area contributed by atoms with E-state index in [0.717, 1.165) is 43.1 Å². The second-order valence-corrected chi connectivity index (χ2v) is 12.8. The summed E-state index contributed by atoms with van der Waals surface area (Å²) in [7, 11) is 0. The molecular formula is C28H24Cl2FN3O5S. The van der Waals surface area contributed by atoms with Gasteiger partial charge < -0.3 is 19.5 Å². The average Bonchev–Trinajstić information content (AvgIpc) is 3.49. The Morgan fingerprint density at radius 2 is 1.85 bits per heavy atom. The highest BCUT2D eigenvalue weighted by atomic mass is 35.5. The third kappa shape index (κ3) is 4.23. The summed E-state index contributed by atoms with van der Waals surface area (Å²) in [5.74, 6) is -1.04. The Labute approximate surface area is 242 Å². The number of aliphatic hydroxyl groups is 1. The van der Waals surface area contributed by atoms with Gasteiger partial charge in [-0.05, 0) is 62.5 Å². The third-order valence-corrected chi connectivity index (χ3v) is 10.3. The maximum Gasteiger partial charge on any atom is 0.335 e. The first-order valence-corrected chi connectivity index (χ1v) is 14.8. The van der Waals surface area contributed by atoms with Crippen molar-refractivity contribution in [3.05, 3.63) is 62.3 Å². The van der Waals surface area contributed by atoms with Crippen LogP contribution in [0.1, 0.15) is 71.1 Å². The van der Waals surface area contributed by atoms with Crippen LogP contribution in [0.25, 0.3) is 21.5 Å². The predicted molar refractivity (Wildman–Crippen MR) is 146 cm³/mol. The number of nitrogens with zero attached hydrogens (tertiary/aromatic N) is 3. The Kier molecular flexibility index (Phi) is 6.40. The SMILES string of the molecule is O=C(O)c1cc(F)c2nc(C3(O)[C@@H]4CC[C@H]3CC(OCc3c(-c5c(Cl)cncc5Cl)noc3C3CC3)C4)sc2c1. The van der Waals surface area contributed by atoms with Gasteiger partial charge in [-0.3, -0.25) is 4.98 Å². The molecule has 3 aliphatic rings. The lowest BCUT2D eigenvalue weighted by Gasteiger charge is -2.41. The van der Waals surface area contributed by atoms with Gasteiger partial charge in [-0.15, -0.1) is 11.3 Å². The molecule has 2 bridgehead atoms. The van der Waals surface area contributed by atoms with E-state index in [0.29, 0.717) is 49.8 Å². The summed E-state index contributed by atoms with van der Waals surface area (Å²) in [5, 5.41) is 26.8. The van der Waals surface area contributed by atoms with E-state index in [9.17, 15) is 19.4 Å². The maximum atomic E-state index is 14.7. The Hall–Kier alpha value is -2.63. The van der Waals surface area contributed by atoms with Crippen molar-refractivity contribution >= 4 is 50.7 Å². The summed E-state index contributed by atoms with van der Waals surface area (Å²) in [6.07, 6.45) is 7.81. The number of pyridine rings is 1. The molecule has 4 atom stereocenters. The molecule has 0 saturated heterocycles. The fraction of sp³-hybridized carbons (Fsp3) is 0.429. The lowest BCUT2D eigenvalue weighted by atomic mass is 9.73. The van der Waals surface area contributed by atoms with Crippen LogP contribution in [0.4, 0.5) is 4.39 Å². The monoisotopic (exact) mass is 603 g/mol. The van der Waals surface area contributed by atoms with Gasteiger partial charge in [-0.25, -0.2) is 14.2 Å². The Morgan fingerprint density at radius 3 is 2.50 bits per heavy atom. The molecule has 0 aliphatic heterocycles. The second-order valence-electron chi connectivity index (χ2n) is 11.0. The summed E-state index contributed by atoms with van der Waals surface area (Å²) >= 11 is 14.0. The lowest BCUT2D eigenvalue weighted by molar-refractivity contribution is -0.116. The summed E-state index contributed by atoms with van der Waals surface area (Å²) in [4.78, 5) is 19.9. The van der Waals surface area contributed by atoms with Crippen LogP contribution in [0, 0.1) is 17.7 Å². The van der Waals surface area contributed by atoms with Crippen LogP contribution in [-0.2, 0) is 16.9 Å². The molecule has 0 spiro atoms. The molecule has 3 aliphatic carbocycles. The van der Waals surface area contributed by atoms with Crippen LogP contribution >= 0.6 is 34.5 Å². The van der Waals surface area contributed by atoms with Gasteiger partial charge in [0.15, 0.2) is 5.82 Å². The molecule has 1 aromatic carbocycles. The van der Waals surface area contributed by atoms with Crippen LogP contribution < -0.4 is 0 Å². The molecule has 3 heterocycles. The number of benzene rings is 1. The quantitative estimate of drug-likeness (QED) is 0.233. The highest BCUT2D eigenvalue weighted by molar-refractivity contribution is 7.18. The summed E-state index contributed by atoms with van der Waals surface area (Å²) in [6, 6.07) is 2.38. The number of rotatable bonds is 7. The van der Waals surface area contributed by atoms with E-state index >= 15 is 0 Å². The van der Waals surface area contributed by atoms with Gasteiger partial charge in [-0.2, -0.15) is 0 Å². The summed E-state index contributed by atoms with van der Waals surface area (Å²) < 4.78 is 27.3. The number of aromatic carboxylic acids is 1. The van der Waals surface area contributed by atoms with Crippen molar-refractivity contribution < 1.29 is 28.7 Å². The predicted octanol–water partition coefficient (Wildman–Crippen LogP) is 6.96. The zero-order valence-electron chi connectivity index (χ0n) is 21.1. The van der Waals surface area contributed by atoms with E-state index in [2.05, 4.69) is 15.1 Å². The first-order chi connectivity index (χ1) is 19.2. The molecule has 7 rings (SSSR count). The molecule has 40 heavy (non-hydrogen) atoms. The molecule has 0 radical (unpaired) electrons. The molecule has 3 saturated carbocycles. The van der Waals surface area contributed by atoms with Gasteiger partial charge in [0.2, 0.25) is 0 Å². The number of aromatic nitrogens is 3. The second kappa shape index (κ2) is 9.73. The number of carboxylic acid groups (broad SMARTS) is 1. The van der Waals surface area contributed by atoms with E-state index in [1.165, 1.54) is 29.8 Å². The number of hydrogen-bond donors (Lipinski definition) is 2. The molecule has 2 N–H and O–H groups in total. The molecule has 12 heteroatoms. The fourth-order valence-corrected chi connectivity index (χ4v) is 8.24. The minimum atomic E-state index is -1.21. The third-order valence-electron chi connectivity index (χ3n) is 8.56. The number of fused-ring (bicyclic) bond motifs is 3. The van der Waals surface area contributed by atoms with Crippen molar-refractivity contribution in [3.63, 3.8) is 0 Å². The Balaban J connectivity index is 1.14. The zero-order chi connectivity index (χ0) is 27.8. The largest absolute Gasteiger partial charge is 0.478 e. The van der Waals surface area contributed by atoms with Gasteiger partial charge >= 0.3 is 5.97 Å². The van der Waals surface area contributed by atoms with Gasteiger partial charge in [0.05, 0.1) is 33.0 Å². The molecule has 0 amide bonds. The van der Waals surface area contributed by atoms with Crippen LogP contribution in [-0.4, -0.2) is 37.4 Å². The number of thiazole rings is 1. The van der Waals surface area contributed by atoms with Crippen molar-refractivity contribution in [1.82, 2.24) is 15.1 Å². The molecule has 3 fully saturated rings. The molecule has 2 unspecified atom stereocenters. The number of carbonyl (C=O) groups is 1. The van der Waals surface area contributed by atoms with Crippen LogP contribution in [0.5, 0.6) is 0 Å². The van der Waals surface area contributed by atoms with E-state index < -0.39 is 17.4 Å². The Morgan fingerprint density at radius 1 is 1.15 bits per heavy atom. The first kappa shape index (κ1) is 26.3. The smallest absolute Gasteiger partial charge is 0.335 e. The number of hydrogen-bond acceptors (Lipinski definition) is 8. The van der Waals surface area contributed by atoms with Crippen molar-refractivity contribution in [2.45, 2.75) is 62.8 Å². The van der Waals surface area contributed by atoms with Gasteiger partial charge in [0, 0.05) is 29.4 Å². The van der Waals surface area contributed by atoms with E-state index in [1.807, 2.05) is 0 Å². The molecule has 208 valence electrons. The summed E-state index contributed by atoms with van der Waals surface area (Å²) in [5.41, 5.74) is 0.713. The van der Waals surface area contributed by atoms with Gasteiger partial charge in [0.25, 0.3) is 0 Å². The summed E-state index contributed by atoms with van der Waals surface area (Å²) in [6.45, 7) is 0.270. The number of carboxylic acids is 1. The minimum Gasteiger partial charge on any atom is -0.478 e. The molecule has 4 aromatic rings. The van der Waals surface area contributed by atoms with Crippen LogP contribution in [0.3, 0.4) is 0 Å². The normalized spacial score (nSPS) is 26.1. The highest BCUT2D eigenvalue weighted by Gasteiger charge is 2.56. The van der Waals surface area contributed by atoms with E-state index in [-0.39, 0.29) is 35.6 Å². The molecular weight excluding hydrogens is 580 g/mol. The maximum absolute atomic E-state index is 14.7. The van der Waals surface area contributed by atoms with Crippen molar-refractivity contribution in [3.8, 4) is 11.3 Å². The van der Waals surface area contributed by atoms with E-state index in [1.54, 1.807) is 0 Å². The molecule has 3 aromatic heterocycles. The zero-order valence-corrected chi connectivity index (χ0v) is 23.4. The van der Waals surface area contributed by atoms with Crippen molar-refractivity contribution in [2.24, 2.45) is 11.8 Å². The topological polar surface area (TPSA) is 119 Å². The van der Waals surface area contributed by atoms with Crippen LogP contribution in [0.2, 0.25) is 10.0 Å². The van der Waals surface area contributed by atoms with Crippen LogP contribution in [0.15, 0.2) is 29.0 Å². The minimum absolute atomic E-state index is 0.0947. The molecule has 8 nitrogen and oxygen atoms in total. The number of ether oxygens (including phenoxy) is 1. The van der Waals surface area contributed by atoms with Crippen molar-refractivity contribution in [2.75, 3.05) is 0 Å². The number of halogens is 3. The highest BCUT2D eigenvalue weighted by Crippen LogP contribution is 2.57. The fourth-order valence-electron chi connectivity index (χ4n) is 6.43.